The van der Waals surface area contributed by atoms with Crippen molar-refractivity contribution in [3.8, 4) is 45.0 Å². The molecule has 0 N–H and O–H groups in total. The number of aryl methyl sites for hydroxylation is 12. The van der Waals surface area contributed by atoms with Crippen LogP contribution in [0.25, 0.3) is 112 Å². The van der Waals surface area contributed by atoms with E-state index in [1.165, 1.54) is 16.8 Å². The van der Waals surface area contributed by atoms with Crippen molar-refractivity contribution in [2.75, 3.05) is 0 Å². The molecular formula is C84H88N12+4. The van der Waals surface area contributed by atoms with Crippen LogP contribution in [-0.4, -0.2) is 37.5 Å². The van der Waals surface area contributed by atoms with Gasteiger partial charge >= 0.3 is 0 Å². The molecule has 0 amide bonds. The molecule has 0 bridgehead atoms. The van der Waals surface area contributed by atoms with Gasteiger partial charge in [0.2, 0.25) is 22.8 Å². The number of pyridine rings is 8. The SMILES string of the molecule is Cc1c(-c2cccc[n+]2C)ccc2c1nc1ccccn12.[2H]C([2H])([2H])c1c[n+](C)c(-c2cc3nc4ccccn4c3cc2C)cc1C.[2H]C([2H])([2H])c1c[n+](C)c(-c2cc3nc4ccccn4c3cc2C)cc1C([2H])(C)C.[2H]C([2H])([2H])c1c[n+](C)c(-c2cc3nc4ccccn4c3cc2C)cc1C([2H])([2H])C(C)(C)C. The lowest BCUT2D eigenvalue weighted by Gasteiger charge is -2.19. The number of fused-ring (bicyclic) bond motifs is 12. The molecule has 0 fully saturated rings. The minimum atomic E-state index is -2.43. The van der Waals surface area contributed by atoms with Gasteiger partial charge in [-0.2, -0.15) is 0 Å². The highest BCUT2D eigenvalue weighted by Crippen LogP contribution is 2.34. The third-order valence-corrected chi connectivity index (χ3v) is 17.9. The highest BCUT2D eigenvalue weighted by molar-refractivity contribution is 5.90. The maximum atomic E-state index is 8.82. The molecule has 96 heavy (non-hydrogen) atoms. The summed E-state index contributed by atoms with van der Waals surface area (Å²) in [5.41, 5.74) is 25.3. The Morgan fingerprint density at radius 3 is 1.30 bits per heavy atom. The van der Waals surface area contributed by atoms with Crippen LogP contribution in [0.1, 0.15) is 113 Å². The lowest BCUT2D eigenvalue weighted by atomic mass is 9.86. The van der Waals surface area contributed by atoms with Gasteiger partial charge in [-0.15, -0.1) is 0 Å². The zero-order chi connectivity index (χ0) is 77.8. The van der Waals surface area contributed by atoms with Crippen LogP contribution in [0.2, 0.25) is 0 Å². The Hall–Kier alpha value is -10.7. The van der Waals surface area contributed by atoms with E-state index >= 15 is 0 Å². The lowest BCUT2D eigenvalue weighted by molar-refractivity contribution is -0.660. The Morgan fingerprint density at radius 2 is 0.844 bits per heavy atom. The van der Waals surface area contributed by atoms with Crippen molar-refractivity contribution in [2.45, 2.75) is 102 Å². The highest BCUT2D eigenvalue weighted by atomic mass is 15.0. The zero-order valence-corrected chi connectivity index (χ0v) is 57.0. The van der Waals surface area contributed by atoms with Crippen LogP contribution >= 0.6 is 0 Å². The molecule has 0 saturated heterocycles. The quantitative estimate of drug-likeness (QED) is 0.155. The summed E-state index contributed by atoms with van der Waals surface area (Å²) in [6.07, 6.45) is 13.2. The van der Waals surface area contributed by atoms with Gasteiger partial charge in [-0.25, -0.2) is 38.2 Å². The van der Waals surface area contributed by atoms with Crippen molar-refractivity contribution in [2.24, 2.45) is 33.6 Å². The van der Waals surface area contributed by atoms with Crippen molar-refractivity contribution in [3.63, 3.8) is 0 Å². The molecule has 4 aromatic carbocycles. The maximum absolute atomic E-state index is 8.82. The molecule has 0 aliphatic rings. The molecule has 12 aromatic heterocycles. The first-order valence-corrected chi connectivity index (χ1v) is 32.2. The number of rotatable bonds is 6. The first-order valence-electron chi connectivity index (χ1n) is 38.2. The van der Waals surface area contributed by atoms with Crippen LogP contribution in [0.4, 0.5) is 0 Å². The van der Waals surface area contributed by atoms with Crippen molar-refractivity contribution in [1.29, 1.82) is 0 Å². The van der Waals surface area contributed by atoms with E-state index in [0.29, 0.717) is 11.1 Å². The third kappa shape index (κ3) is 12.3. The molecule has 12 heteroatoms. The number of nitrogens with zero attached hydrogens (tertiary/aromatic N) is 12. The highest BCUT2D eigenvalue weighted by Gasteiger charge is 2.24. The van der Waals surface area contributed by atoms with E-state index in [9.17, 15) is 0 Å². The normalized spacial score (nSPS) is 14.2. The molecular weight excluding hydrogens is 1180 g/mol. The predicted molar refractivity (Wildman–Crippen MR) is 392 cm³/mol. The van der Waals surface area contributed by atoms with Gasteiger partial charge in [0, 0.05) is 88.3 Å². The summed E-state index contributed by atoms with van der Waals surface area (Å²) in [4.78, 5) is 19.0. The van der Waals surface area contributed by atoms with E-state index in [1.54, 1.807) is 70.9 Å². The van der Waals surface area contributed by atoms with Gasteiger partial charge in [-0.1, -0.05) is 58.9 Å². The van der Waals surface area contributed by atoms with Gasteiger partial charge in [-0.05, 0) is 215 Å². The van der Waals surface area contributed by atoms with Gasteiger partial charge in [0.25, 0.3) is 0 Å². The molecule has 0 aliphatic carbocycles. The second-order valence-corrected chi connectivity index (χ2v) is 26.4. The van der Waals surface area contributed by atoms with E-state index in [-0.39, 0.29) is 16.7 Å². The summed E-state index contributed by atoms with van der Waals surface area (Å²) in [7, 11) is 7.60. The summed E-state index contributed by atoms with van der Waals surface area (Å²) in [6.45, 7) is 12.1. The lowest BCUT2D eigenvalue weighted by Crippen LogP contribution is -2.32. The Kier molecular flexibility index (Phi) is 13.5. The zero-order valence-electron chi connectivity index (χ0n) is 69.0. The van der Waals surface area contributed by atoms with Crippen LogP contribution in [0.15, 0.2) is 207 Å². The van der Waals surface area contributed by atoms with E-state index in [4.69, 9.17) is 36.4 Å². The van der Waals surface area contributed by atoms with Gasteiger partial charge < -0.3 is 0 Å². The summed E-state index contributed by atoms with van der Waals surface area (Å²) in [6, 6.07) is 52.4. The topological polar surface area (TPSA) is 84.7 Å². The molecule has 0 radical (unpaired) electrons. The summed E-state index contributed by atoms with van der Waals surface area (Å²) in [5.74, 6) is -1.03. The molecule has 480 valence electrons. The van der Waals surface area contributed by atoms with Gasteiger partial charge in [0.05, 0.1) is 66.4 Å². The van der Waals surface area contributed by atoms with Crippen molar-refractivity contribution < 1.29 is 34.7 Å². The molecule has 0 aliphatic heterocycles. The van der Waals surface area contributed by atoms with Gasteiger partial charge in [-0.3, -0.25) is 17.6 Å². The molecule has 0 spiro atoms. The summed E-state index contributed by atoms with van der Waals surface area (Å²) in [5, 5.41) is 0. The summed E-state index contributed by atoms with van der Waals surface area (Å²) >= 11 is 0. The molecule has 16 aromatic rings. The van der Waals surface area contributed by atoms with Crippen LogP contribution in [-0.2, 0) is 34.6 Å². The first kappa shape index (κ1) is 50.7. The second-order valence-electron chi connectivity index (χ2n) is 26.4. The Morgan fingerprint density at radius 1 is 0.417 bits per heavy atom. The van der Waals surface area contributed by atoms with Crippen LogP contribution in [0, 0.1) is 60.6 Å². The van der Waals surface area contributed by atoms with Gasteiger partial charge in [0.15, 0.2) is 24.8 Å². The number of benzene rings is 4. The second kappa shape index (κ2) is 25.5. The maximum Gasteiger partial charge on any atom is 0.212 e. The van der Waals surface area contributed by atoms with E-state index < -0.39 is 38.2 Å². The molecule has 12 nitrogen and oxygen atoms in total. The fraction of sp³-hybridized carbons (Fsp3) is 0.238. The Balaban J connectivity index is 0.000000128. The average Bonchev–Trinajstić information content (AvgIpc) is 1.55. The largest absolute Gasteiger partial charge is 0.300 e. The first-order chi connectivity index (χ1) is 50.7. The minimum Gasteiger partial charge on any atom is -0.300 e. The molecule has 0 saturated carbocycles. The Labute approximate surface area is 580 Å². The average molecular weight is 1280 g/mol. The molecule has 0 unspecified atom stereocenters. The van der Waals surface area contributed by atoms with Crippen LogP contribution in [0.5, 0.6) is 0 Å². The number of hydrogen-bond acceptors (Lipinski definition) is 4. The summed E-state index contributed by atoms with van der Waals surface area (Å²) < 4.78 is 113. The molecule has 12 heterocycles. The van der Waals surface area contributed by atoms with Crippen LogP contribution < -0.4 is 18.3 Å². The van der Waals surface area contributed by atoms with Gasteiger partial charge in [0.1, 0.15) is 50.8 Å². The third-order valence-electron chi connectivity index (χ3n) is 17.9. The fourth-order valence-corrected chi connectivity index (χ4v) is 13.0. The standard InChI is InChI=1S/C24H28N3.C22H24N3.C20H20N3.C18H16N3/c1-16-11-22-20(25-23-9-7-8-10-27(22)23)13-19(16)21-12-18(14-24(3,4)5)17(2)15-26(21)6;1-14(2)17-12-20(24(5)13-16(17)4)18-11-19-21(10-15(18)3)25-9-7-6-8-22(25)23-19;1-13-9-18(22(4)12-15(13)3)16-11-17-19(10-14(16)2)23-8-6-5-7-20(23)21-17;1-13-14(15-7-3-5-11-20(15)2)9-10-16-18(13)19-17-8-4-6-12-21(16)17/h7-13,15H,14H2,1-6H3;6-14H,1-5H3;5-12H,1-4H3;3-12H,1-2H3/q4*+1/i2D3,14D2;4D3,14D;3D3;. The number of aromatic nitrogens is 12. The van der Waals surface area contributed by atoms with E-state index in [0.717, 1.165) is 123 Å². The molecule has 16 rings (SSSR count). The predicted octanol–water partition coefficient (Wildman–Crippen LogP) is 17.1. The fourth-order valence-electron chi connectivity index (χ4n) is 13.0. The van der Waals surface area contributed by atoms with Crippen LogP contribution in [0.3, 0.4) is 0 Å². The van der Waals surface area contributed by atoms with E-state index in [1.807, 2.05) is 170 Å². The number of hydrogen-bond donors (Lipinski definition) is 0. The van der Waals surface area contributed by atoms with E-state index in [2.05, 4.69) is 99.6 Å². The smallest absolute Gasteiger partial charge is 0.212 e. The van der Waals surface area contributed by atoms with Crippen molar-refractivity contribution >= 4 is 66.7 Å². The number of imidazole rings is 4. The van der Waals surface area contributed by atoms with Crippen molar-refractivity contribution in [3.05, 3.63) is 263 Å². The molecule has 0 atom stereocenters. The Bertz CT molecular complexity index is 6220. The monoisotopic (exact) mass is 1280 g/mol. The minimum absolute atomic E-state index is 0.0372. The van der Waals surface area contributed by atoms with Crippen molar-refractivity contribution in [1.82, 2.24) is 37.5 Å².